The van der Waals surface area contributed by atoms with Crippen LogP contribution in [0, 0.1) is 0 Å². The minimum absolute atomic E-state index is 0.301. The number of hydrogen-bond acceptors (Lipinski definition) is 5. The minimum atomic E-state index is 0.301. The predicted octanol–water partition coefficient (Wildman–Crippen LogP) is 3.05. The van der Waals surface area contributed by atoms with E-state index in [1.165, 1.54) is 5.56 Å². The van der Waals surface area contributed by atoms with E-state index in [4.69, 9.17) is 4.99 Å². The molecule has 0 fully saturated rings. The molecule has 0 radical (unpaired) electrons. The number of aliphatic imine (C=N–C) groups is 1. The van der Waals surface area contributed by atoms with E-state index in [1.807, 2.05) is 44.0 Å². The fraction of sp³-hybridized carbons (Fsp3) is 0.263. The number of nitrogens with one attached hydrogen (secondary N) is 1. The number of nitrogens with zero attached hydrogens (tertiary/aromatic N) is 5. The maximum atomic E-state index is 4.74. The Hall–Kier alpha value is -3.02. The molecule has 0 unspecified atom stereocenters. The second-order valence-electron chi connectivity index (χ2n) is 6.49. The van der Waals surface area contributed by atoms with E-state index in [0.29, 0.717) is 12.6 Å². The summed E-state index contributed by atoms with van der Waals surface area (Å²) < 4.78 is 1.80. The highest BCUT2D eigenvalue weighted by Crippen LogP contribution is 2.29. The molecule has 0 atom stereocenters. The van der Waals surface area contributed by atoms with E-state index in [1.54, 1.807) is 4.68 Å². The largest absolute Gasteiger partial charge is 0.367 e. The summed E-state index contributed by atoms with van der Waals surface area (Å²) in [5.41, 5.74) is 6.15. The van der Waals surface area contributed by atoms with Crippen LogP contribution in [0.25, 0.3) is 11.1 Å². The van der Waals surface area contributed by atoms with Crippen LogP contribution in [-0.2, 0) is 13.6 Å². The van der Waals surface area contributed by atoms with Crippen molar-refractivity contribution in [3.63, 3.8) is 0 Å². The summed E-state index contributed by atoms with van der Waals surface area (Å²) in [4.78, 5) is 13.8. The van der Waals surface area contributed by atoms with Crippen molar-refractivity contribution in [2.24, 2.45) is 12.0 Å². The van der Waals surface area contributed by atoms with E-state index in [0.717, 1.165) is 33.9 Å². The van der Waals surface area contributed by atoms with Gasteiger partial charge in [-0.1, -0.05) is 0 Å². The lowest BCUT2D eigenvalue weighted by atomic mass is 10.0. The van der Waals surface area contributed by atoms with Crippen LogP contribution in [0.15, 0.2) is 48.0 Å². The van der Waals surface area contributed by atoms with Crippen molar-refractivity contribution in [3.8, 4) is 11.1 Å². The standard InChI is InChI=1S/C19H20N6/c1-12(2)24-19-17-14(5-7-21-19)9-22-18(17)16-8-13(4-6-20-16)15-10-23-25(3)11-15/h4-8,10-12H,9H2,1-3H3,(H,21,24). The fourth-order valence-corrected chi connectivity index (χ4v) is 3.04. The van der Waals surface area contributed by atoms with Crippen LogP contribution in [0.1, 0.15) is 30.7 Å². The lowest BCUT2D eigenvalue weighted by Gasteiger charge is -2.14. The van der Waals surface area contributed by atoms with Crippen LogP contribution in [0.3, 0.4) is 0 Å². The van der Waals surface area contributed by atoms with Gasteiger partial charge in [-0.15, -0.1) is 0 Å². The summed E-state index contributed by atoms with van der Waals surface area (Å²) in [6.07, 6.45) is 7.51. The van der Waals surface area contributed by atoms with Crippen molar-refractivity contribution < 1.29 is 0 Å². The van der Waals surface area contributed by atoms with Gasteiger partial charge in [-0.3, -0.25) is 14.7 Å². The third-order valence-corrected chi connectivity index (χ3v) is 4.15. The molecule has 0 bridgehead atoms. The molecule has 126 valence electrons. The molecule has 1 aliphatic heterocycles. The molecule has 0 spiro atoms. The number of aryl methyl sites for hydroxylation is 1. The van der Waals surface area contributed by atoms with Gasteiger partial charge in [-0.2, -0.15) is 5.10 Å². The lowest BCUT2D eigenvalue weighted by Crippen LogP contribution is -2.16. The van der Waals surface area contributed by atoms with Gasteiger partial charge in [0.1, 0.15) is 5.82 Å². The number of rotatable bonds is 4. The third-order valence-electron chi connectivity index (χ3n) is 4.15. The zero-order valence-electron chi connectivity index (χ0n) is 14.6. The minimum Gasteiger partial charge on any atom is -0.367 e. The zero-order valence-corrected chi connectivity index (χ0v) is 14.6. The number of hydrogen-bond donors (Lipinski definition) is 1. The number of aromatic nitrogens is 4. The monoisotopic (exact) mass is 332 g/mol. The molecule has 25 heavy (non-hydrogen) atoms. The zero-order chi connectivity index (χ0) is 17.4. The van der Waals surface area contributed by atoms with Gasteiger partial charge in [-0.25, -0.2) is 4.98 Å². The van der Waals surface area contributed by atoms with Crippen molar-refractivity contribution >= 4 is 11.5 Å². The van der Waals surface area contributed by atoms with Gasteiger partial charge in [0.25, 0.3) is 0 Å². The average Bonchev–Trinajstić information content (AvgIpc) is 3.21. The highest BCUT2D eigenvalue weighted by molar-refractivity contribution is 6.17. The molecule has 4 heterocycles. The summed E-state index contributed by atoms with van der Waals surface area (Å²) in [5.74, 6) is 0.873. The number of pyridine rings is 2. The molecule has 6 heteroatoms. The van der Waals surface area contributed by atoms with Gasteiger partial charge in [0, 0.05) is 42.8 Å². The Balaban J connectivity index is 1.76. The molecule has 4 rings (SSSR count). The first-order valence-corrected chi connectivity index (χ1v) is 8.36. The first kappa shape index (κ1) is 15.5. The van der Waals surface area contributed by atoms with E-state index < -0.39 is 0 Å². The normalized spacial score (nSPS) is 13.0. The van der Waals surface area contributed by atoms with Crippen LogP contribution in [0.2, 0.25) is 0 Å². The van der Waals surface area contributed by atoms with Crippen molar-refractivity contribution in [3.05, 3.63) is 59.8 Å². The molecular weight excluding hydrogens is 312 g/mol. The van der Waals surface area contributed by atoms with Gasteiger partial charge >= 0.3 is 0 Å². The second kappa shape index (κ2) is 6.12. The molecule has 3 aromatic heterocycles. The molecular formula is C19H20N6. The topological polar surface area (TPSA) is 68.0 Å². The Morgan fingerprint density at radius 3 is 2.72 bits per heavy atom. The Morgan fingerprint density at radius 1 is 1.12 bits per heavy atom. The first-order chi connectivity index (χ1) is 12.1. The third kappa shape index (κ3) is 2.91. The fourth-order valence-electron chi connectivity index (χ4n) is 3.04. The summed E-state index contributed by atoms with van der Waals surface area (Å²) in [6, 6.07) is 6.39. The quantitative estimate of drug-likeness (QED) is 0.797. The first-order valence-electron chi connectivity index (χ1n) is 8.36. The van der Waals surface area contributed by atoms with E-state index in [-0.39, 0.29) is 0 Å². The highest BCUT2D eigenvalue weighted by Gasteiger charge is 2.23. The average molecular weight is 332 g/mol. The van der Waals surface area contributed by atoms with Crippen molar-refractivity contribution in [2.75, 3.05) is 5.32 Å². The molecule has 0 saturated carbocycles. The summed E-state index contributed by atoms with van der Waals surface area (Å²) in [5, 5.41) is 7.67. The van der Waals surface area contributed by atoms with Gasteiger partial charge in [0.15, 0.2) is 0 Å². The highest BCUT2D eigenvalue weighted by atomic mass is 15.2. The SMILES string of the molecule is CC(C)Nc1nccc2c1C(c1cc(-c3cnn(C)c3)ccn1)=NC2. The Morgan fingerprint density at radius 2 is 1.96 bits per heavy atom. The lowest BCUT2D eigenvalue weighted by molar-refractivity contribution is 0.768. The second-order valence-corrected chi connectivity index (χ2v) is 6.49. The molecule has 3 aromatic rings. The van der Waals surface area contributed by atoms with Crippen LogP contribution >= 0.6 is 0 Å². The van der Waals surface area contributed by atoms with Crippen LogP contribution in [0.5, 0.6) is 0 Å². The molecule has 0 aromatic carbocycles. The van der Waals surface area contributed by atoms with Crippen molar-refractivity contribution in [1.29, 1.82) is 0 Å². The Labute approximate surface area is 146 Å². The summed E-state index contributed by atoms with van der Waals surface area (Å²) >= 11 is 0. The molecule has 6 nitrogen and oxygen atoms in total. The van der Waals surface area contributed by atoms with Gasteiger partial charge in [-0.05, 0) is 43.2 Å². The molecule has 1 aliphatic rings. The van der Waals surface area contributed by atoms with Crippen molar-refractivity contribution in [1.82, 2.24) is 19.7 Å². The molecule has 0 saturated heterocycles. The van der Waals surface area contributed by atoms with Gasteiger partial charge < -0.3 is 5.32 Å². The molecule has 1 N–H and O–H groups in total. The maximum absolute atomic E-state index is 4.74. The Kier molecular flexibility index (Phi) is 3.80. The smallest absolute Gasteiger partial charge is 0.136 e. The number of anilines is 1. The predicted molar refractivity (Wildman–Crippen MR) is 98.8 cm³/mol. The summed E-state index contributed by atoms with van der Waals surface area (Å²) in [7, 11) is 1.92. The van der Waals surface area contributed by atoms with Crippen LogP contribution in [0.4, 0.5) is 5.82 Å². The van der Waals surface area contributed by atoms with Gasteiger partial charge in [0.2, 0.25) is 0 Å². The molecule has 0 amide bonds. The van der Waals surface area contributed by atoms with Crippen LogP contribution < -0.4 is 5.32 Å². The van der Waals surface area contributed by atoms with Crippen LogP contribution in [-0.4, -0.2) is 31.5 Å². The van der Waals surface area contributed by atoms with E-state index in [9.17, 15) is 0 Å². The van der Waals surface area contributed by atoms with Crippen molar-refractivity contribution in [2.45, 2.75) is 26.4 Å². The Bertz CT molecular complexity index is 954. The van der Waals surface area contributed by atoms with E-state index in [2.05, 4.69) is 40.3 Å². The number of fused-ring (bicyclic) bond motifs is 1. The van der Waals surface area contributed by atoms with Gasteiger partial charge in [0.05, 0.1) is 24.1 Å². The van der Waals surface area contributed by atoms with E-state index >= 15 is 0 Å². The molecule has 0 aliphatic carbocycles. The summed E-state index contributed by atoms with van der Waals surface area (Å²) in [6.45, 7) is 4.88. The maximum Gasteiger partial charge on any atom is 0.136 e.